The first-order valence-electron chi connectivity index (χ1n) is 5.00. The molecule has 0 unspecified atom stereocenters. The lowest BCUT2D eigenvalue weighted by atomic mass is 10.1. The van der Waals surface area contributed by atoms with Crippen LogP contribution in [0.5, 0.6) is 0 Å². The van der Waals surface area contributed by atoms with Crippen LogP contribution in [0.1, 0.15) is 18.9 Å². The highest BCUT2D eigenvalue weighted by atomic mass is 15.3. The van der Waals surface area contributed by atoms with Crippen LogP contribution < -0.4 is 0 Å². The minimum absolute atomic E-state index is 0.570. The average Bonchev–Trinajstić information content (AvgIpc) is 2.32. The largest absolute Gasteiger partial charge is 0.203 e. The van der Waals surface area contributed by atoms with Crippen LogP contribution in [-0.4, -0.2) is 20.4 Å². The first kappa shape index (κ1) is 9.71. The molecule has 0 radical (unpaired) electrons. The molecule has 1 aromatic heterocycles. The van der Waals surface area contributed by atoms with Crippen LogP contribution in [0.2, 0.25) is 0 Å². The van der Waals surface area contributed by atoms with Gasteiger partial charge in [-0.3, -0.25) is 0 Å². The van der Waals surface area contributed by atoms with Gasteiger partial charge in [-0.2, -0.15) is 0 Å². The van der Waals surface area contributed by atoms with Crippen molar-refractivity contribution in [3.63, 3.8) is 0 Å². The van der Waals surface area contributed by atoms with Crippen molar-refractivity contribution in [1.82, 2.24) is 20.4 Å². The molecule has 0 saturated carbocycles. The first-order valence-corrected chi connectivity index (χ1v) is 5.00. The van der Waals surface area contributed by atoms with E-state index in [4.69, 9.17) is 0 Å². The van der Waals surface area contributed by atoms with E-state index in [9.17, 15) is 0 Å². The number of rotatable bonds is 3. The third kappa shape index (κ3) is 2.34. The van der Waals surface area contributed by atoms with Crippen LogP contribution in [-0.2, 0) is 6.42 Å². The van der Waals surface area contributed by atoms with Gasteiger partial charge in [-0.15, -0.1) is 20.4 Å². The standard InChI is InChI=1S/C11H12N4/c1-2-3-9-4-6-10(7-5-9)11-14-12-8-13-15-11/h4-8H,2-3H2,1H3. The van der Waals surface area contributed by atoms with Crippen molar-refractivity contribution in [3.05, 3.63) is 36.2 Å². The Morgan fingerprint density at radius 1 is 1.00 bits per heavy atom. The molecule has 1 aromatic carbocycles. The highest BCUT2D eigenvalue weighted by molar-refractivity contribution is 5.53. The number of aromatic nitrogens is 4. The van der Waals surface area contributed by atoms with Crippen LogP contribution in [0, 0.1) is 0 Å². The number of aryl methyl sites for hydroxylation is 1. The van der Waals surface area contributed by atoms with Gasteiger partial charge in [0.1, 0.15) is 0 Å². The molecule has 2 aromatic rings. The maximum absolute atomic E-state index is 3.90. The Kier molecular flexibility index (Phi) is 2.97. The van der Waals surface area contributed by atoms with E-state index in [-0.39, 0.29) is 0 Å². The van der Waals surface area contributed by atoms with Gasteiger partial charge >= 0.3 is 0 Å². The highest BCUT2D eigenvalue weighted by Crippen LogP contribution is 2.14. The minimum atomic E-state index is 0.570. The van der Waals surface area contributed by atoms with E-state index in [2.05, 4.69) is 39.5 Å². The Morgan fingerprint density at radius 3 is 2.27 bits per heavy atom. The topological polar surface area (TPSA) is 51.6 Å². The lowest BCUT2D eigenvalue weighted by Gasteiger charge is -2.00. The molecule has 0 aliphatic heterocycles. The third-order valence-electron chi connectivity index (χ3n) is 2.16. The molecule has 0 aliphatic carbocycles. The van der Waals surface area contributed by atoms with Crippen molar-refractivity contribution >= 4 is 0 Å². The summed E-state index contributed by atoms with van der Waals surface area (Å²) in [4.78, 5) is 0. The number of hydrogen-bond donors (Lipinski definition) is 0. The normalized spacial score (nSPS) is 10.2. The summed E-state index contributed by atoms with van der Waals surface area (Å²) in [5.41, 5.74) is 2.29. The summed E-state index contributed by atoms with van der Waals surface area (Å²) in [6.07, 6.45) is 3.59. The van der Waals surface area contributed by atoms with Crippen molar-refractivity contribution < 1.29 is 0 Å². The molecule has 4 heteroatoms. The van der Waals surface area contributed by atoms with Gasteiger partial charge < -0.3 is 0 Å². The molecule has 0 amide bonds. The van der Waals surface area contributed by atoms with Crippen molar-refractivity contribution in [1.29, 1.82) is 0 Å². The monoisotopic (exact) mass is 200 g/mol. The summed E-state index contributed by atoms with van der Waals surface area (Å²) in [5, 5.41) is 15.2. The van der Waals surface area contributed by atoms with E-state index in [1.807, 2.05) is 12.1 Å². The highest BCUT2D eigenvalue weighted by Gasteiger charge is 2.00. The summed E-state index contributed by atoms with van der Waals surface area (Å²) >= 11 is 0. The molecular weight excluding hydrogens is 188 g/mol. The molecule has 1 heterocycles. The Labute approximate surface area is 88.4 Å². The van der Waals surface area contributed by atoms with Crippen LogP contribution in [0.25, 0.3) is 11.4 Å². The fourth-order valence-electron chi connectivity index (χ4n) is 1.43. The van der Waals surface area contributed by atoms with Crippen LogP contribution in [0.15, 0.2) is 30.6 Å². The summed E-state index contributed by atoms with van der Waals surface area (Å²) in [6.45, 7) is 2.17. The molecule has 76 valence electrons. The minimum Gasteiger partial charge on any atom is -0.135 e. The van der Waals surface area contributed by atoms with Crippen molar-refractivity contribution in [2.45, 2.75) is 19.8 Å². The number of hydrogen-bond acceptors (Lipinski definition) is 4. The molecule has 0 fully saturated rings. The second-order valence-electron chi connectivity index (χ2n) is 3.32. The van der Waals surface area contributed by atoms with E-state index in [0.29, 0.717) is 5.82 Å². The maximum Gasteiger partial charge on any atom is 0.203 e. The maximum atomic E-state index is 3.90. The molecule has 15 heavy (non-hydrogen) atoms. The molecule has 0 bridgehead atoms. The summed E-state index contributed by atoms with van der Waals surface area (Å²) in [7, 11) is 0. The summed E-state index contributed by atoms with van der Waals surface area (Å²) in [5.74, 6) is 0.570. The number of nitrogens with zero attached hydrogens (tertiary/aromatic N) is 4. The van der Waals surface area contributed by atoms with Crippen LogP contribution in [0.4, 0.5) is 0 Å². The quantitative estimate of drug-likeness (QED) is 0.759. The molecular formula is C11H12N4. The van der Waals surface area contributed by atoms with Gasteiger partial charge in [0.25, 0.3) is 0 Å². The van der Waals surface area contributed by atoms with Crippen LogP contribution in [0.3, 0.4) is 0 Å². The second-order valence-corrected chi connectivity index (χ2v) is 3.32. The van der Waals surface area contributed by atoms with Gasteiger partial charge in [0, 0.05) is 5.56 Å². The molecule has 0 aliphatic rings. The fraction of sp³-hybridized carbons (Fsp3) is 0.273. The van der Waals surface area contributed by atoms with E-state index in [1.165, 1.54) is 11.9 Å². The second kappa shape index (κ2) is 4.59. The zero-order valence-electron chi connectivity index (χ0n) is 8.59. The van der Waals surface area contributed by atoms with E-state index < -0.39 is 0 Å². The first-order chi connectivity index (χ1) is 7.40. The predicted octanol–water partition coefficient (Wildman–Crippen LogP) is 1.89. The van der Waals surface area contributed by atoms with Gasteiger partial charge in [-0.25, -0.2) is 0 Å². The van der Waals surface area contributed by atoms with Crippen molar-refractivity contribution in [2.24, 2.45) is 0 Å². The van der Waals surface area contributed by atoms with Gasteiger partial charge in [0.2, 0.25) is 5.82 Å². The van der Waals surface area contributed by atoms with Crippen molar-refractivity contribution in [3.8, 4) is 11.4 Å². The van der Waals surface area contributed by atoms with Gasteiger partial charge in [-0.05, 0) is 12.0 Å². The molecule has 0 atom stereocenters. The van der Waals surface area contributed by atoms with Gasteiger partial charge in [0.05, 0.1) is 0 Å². The van der Waals surface area contributed by atoms with Gasteiger partial charge in [0.15, 0.2) is 6.33 Å². The van der Waals surface area contributed by atoms with Crippen LogP contribution >= 0.6 is 0 Å². The lowest BCUT2D eigenvalue weighted by Crippen LogP contribution is -1.94. The summed E-state index contributed by atoms with van der Waals surface area (Å²) < 4.78 is 0. The molecule has 4 nitrogen and oxygen atoms in total. The zero-order chi connectivity index (χ0) is 10.5. The SMILES string of the molecule is CCCc1ccc(-c2nncnn2)cc1. The number of benzene rings is 1. The Morgan fingerprint density at radius 2 is 1.67 bits per heavy atom. The Hall–Kier alpha value is -1.84. The molecule has 0 N–H and O–H groups in total. The van der Waals surface area contributed by atoms with E-state index in [1.54, 1.807) is 0 Å². The predicted molar refractivity (Wildman–Crippen MR) is 57.1 cm³/mol. The van der Waals surface area contributed by atoms with E-state index >= 15 is 0 Å². The van der Waals surface area contributed by atoms with E-state index in [0.717, 1.165) is 18.4 Å². The fourth-order valence-corrected chi connectivity index (χ4v) is 1.43. The third-order valence-corrected chi connectivity index (χ3v) is 2.16. The average molecular weight is 200 g/mol. The zero-order valence-corrected chi connectivity index (χ0v) is 8.59. The molecule has 2 rings (SSSR count). The lowest BCUT2D eigenvalue weighted by molar-refractivity contribution is 0.864. The molecule has 0 spiro atoms. The van der Waals surface area contributed by atoms with Gasteiger partial charge in [-0.1, -0.05) is 37.6 Å². The smallest absolute Gasteiger partial charge is 0.135 e. The Bertz CT molecular complexity index is 410. The Balaban J connectivity index is 2.24. The molecule has 0 saturated heterocycles. The summed E-state index contributed by atoms with van der Waals surface area (Å²) in [6, 6.07) is 8.19. The van der Waals surface area contributed by atoms with Crippen molar-refractivity contribution in [2.75, 3.05) is 0 Å².